The molecule has 0 spiro atoms. The number of pyridine rings is 1. The lowest BCUT2D eigenvalue weighted by atomic mass is 10.1. The van der Waals surface area contributed by atoms with Gasteiger partial charge in [-0.2, -0.15) is 4.98 Å². The fourth-order valence-corrected chi connectivity index (χ4v) is 3.36. The summed E-state index contributed by atoms with van der Waals surface area (Å²) in [5.74, 6) is 1.59. The summed E-state index contributed by atoms with van der Waals surface area (Å²) >= 11 is 6.00. The van der Waals surface area contributed by atoms with Crippen LogP contribution in [0.3, 0.4) is 0 Å². The molecule has 0 N–H and O–H groups in total. The SMILES string of the molecule is Cc1cnc(Cl)nc1N1CCCn2c1cc(-c1ccccc1)cc2=O. The summed E-state index contributed by atoms with van der Waals surface area (Å²) in [6, 6.07) is 13.7. The lowest BCUT2D eigenvalue weighted by Gasteiger charge is -2.32. The number of aryl methyl sites for hydroxylation is 1. The summed E-state index contributed by atoms with van der Waals surface area (Å²) in [6.45, 7) is 3.44. The van der Waals surface area contributed by atoms with Gasteiger partial charge in [-0.1, -0.05) is 30.3 Å². The molecule has 0 saturated carbocycles. The fourth-order valence-electron chi connectivity index (χ4n) is 3.23. The second kappa shape index (κ2) is 6.33. The normalized spacial score (nSPS) is 13.6. The lowest BCUT2D eigenvalue weighted by molar-refractivity contribution is 0.574. The molecule has 1 aliphatic heterocycles. The van der Waals surface area contributed by atoms with E-state index in [-0.39, 0.29) is 10.8 Å². The fraction of sp³-hybridized carbons (Fsp3) is 0.211. The van der Waals surface area contributed by atoms with Gasteiger partial charge < -0.3 is 4.90 Å². The van der Waals surface area contributed by atoms with Gasteiger partial charge in [0, 0.05) is 30.9 Å². The first-order valence-electron chi connectivity index (χ1n) is 8.20. The zero-order chi connectivity index (χ0) is 17.4. The maximum absolute atomic E-state index is 12.7. The molecule has 5 nitrogen and oxygen atoms in total. The van der Waals surface area contributed by atoms with E-state index in [9.17, 15) is 4.79 Å². The van der Waals surface area contributed by atoms with Crippen LogP contribution < -0.4 is 10.5 Å². The number of hydrogen-bond acceptors (Lipinski definition) is 4. The predicted octanol–water partition coefficient (Wildman–Crippen LogP) is 3.81. The zero-order valence-corrected chi connectivity index (χ0v) is 14.6. The molecular weight excluding hydrogens is 336 g/mol. The van der Waals surface area contributed by atoms with Crippen molar-refractivity contribution in [1.82, 2.24) is 14.5 Å². The van der Waals surface area contributed by atoms with Gasteiger partial charge in [-0.3, -0.25) is 9.36 Å². The molecule has 0 amide bonds. The quantitative estimate of drug-likeness (QED) is 0.658. The molecule has 25 heavy (non-hydrogen) atoms. The average Bonchev–Trinajstić information content (AvgIpc) is 2.64. The molecule has 1 aliphatic rings. The number of anilines is 2. The van der Waals surface area contributed by atoms with Gasteiger partial charge in [0.1, 0.15) is 11.6 Å². The van der Waals surface area contributed by atoms with E-state index < -0.39 is 0 Å². The number of fused-ring (bicyclic) bond motifs is 1. The summed E-state index contributed by atoms with van der Waals surface area (Å²) in [5, 5.41) is 0.208. The smallest absolute Gasteiger partial charge is 0.252 e. The Morgan fingerprint density at radius 2 is 1.88 bits per heavy atom. The molecule has 0 saturated heterocycles. The Morgan fingerprint density at radius 3 is 2.68 bits per heavy atom. The van der Waals surface area contributed by atoms with E-state index in [0.717, 1.165) is 41.3 Å². The van der Waals surface area contributed by atoms with E-state index >= 15 is 0 Å². The Kier molecular flexibility index (Phi) is 4.01. The third-order valence-electron chi connectivity index (χ3n) is 4.42. The van der Waals surface area contributed by atoms with Crippen LogP contribution in [0.15, 0.2) is 53.5 Å². The highest BCUT2D eigenvalue weighted by Gasteiger charge is 2.23. The van der Waals surface area contributed by atoms with Gasteiger partial charge in [0.05, 0.1) is 0 Å². The van der Waals surface area contributed by atoms with Gasteiger partial charge in [0.25, 0.3) is 5.56 Å². The van der Waals surface area contributed by atoms with Gasteiger partial charge >= 0.3 is 0 Å². The largest absolute Gasteiger partial charge is 0.312 e. The predicted molar refractivity (Wildman–Crippen MR) is 99.5 cm³/mol. The Bertz CT molecular complexity index is 984. The highest BCUT2D eigenvalue weighted by molar-refractivity contribution is 6.28. The first kappa shape index (κ1) is 15.8. The van der Waals surface area contributed by atoms with E-state index in [1.54, 1.807) is 16.8 Å². The molecule has 3 heterocycles. The molecule has 0 fully saturated rings. The van der Waals surface area contributed by atoms with Crippen LogP contribution in [-0.2, 0) is 6.54 Å². The van der Waals surface area contributed by atoms with Gasteiger partial charge in [0.2, 0.25) is 5.28 Å². The molecule has 2 aromatic heterocycles. The topological polar surface area (TPSA) is 51.0 Å². The number of benzene rings is 1. The maximum Gasteiger partial charge on any atom is 0.252 e. The van der Waals surface area contributed by atoms with Gasteiger partial charge in [-0.05, 0) is 42.1 Å². The van der Waals surface area contributed by atoms with Crippen LogP contribution in [0, 0.1) is 6.92 Å². The molecule has 6 heteroatoms. The third-order valence-corrected chi connectivity index (χ3v) is 4.61. The van der Waals surface area contributed by atoms with Crippen LogP contribution >= 0.6 is 11.6 Å². The summed E-state index contributed by atoms with van der Waals surface area (Å²) in [5.41, 5.74) is 2.85. The standard InChI is InChI=1S/C19H17ClN4O/c1-13-12-21-19(20)22-18(13)24-9-5-8-23-16(24)10-15(11-17(23)25)14-6-3-2-4-7-14/h2-4,6-7,10-12H,5,8-9H2,1H3. The van der Waals surface area contributed by atoms with E-state index in [4.69, 9.17) is 11.6 Å². The van der Waals surface area contributed by atoms with E-state index in [0.29, 0.717) is 6.54 Å². The van der Waals surface area contributed by atoms with Crippen molar-refractivity contribution in [2.45, 2.75) is 19.9 Å². The highest BCUT2D eigenvalue weighted by Crippen LogP contribution is 2.32. The number of hydrogen-bond donors (Lipinski definition) is 0. The lowest BCUT2D eigenvalue weighted by Crippen LogP contribution is -2.35. The van der Waals surface area contributed by atoms with E-state index in [1.165, 1.54) is 0 Å². The first-order chi connectivity index (χ1) is 12.1. The third kappa shape index (κ3) is 2.91. The van der Waals surface area contributed by atoms with Gasteiger partial charge in [-0.25, -0.2) is 4.98 Å². The van der Waals surface area contributed by atoms with Crippen LogP contribution in [0.1, 0.15) is 12.0 Å². The van der Waals surface area contributed by atoms with Crippen molar-refractivity contribution < 1.29 is 0 Å². The molecule has 126 valence electrons. The van der Waals surface area contributed by atoms with Crippen molar-refractivity contribution in [1.29, 1.82) is 0 Å². The Balaban J connectivity index is 1.90. The zero-order valence-electron chi connectivity index (χ0n) is 13.8. The van der Waals surface area contributed by atoms with Crippen LogP contribution in [-0.4, -0.2) is 21.1 Å². The summed E-state index contributed by atoms with van der Waals surface area (Å²) < 4.78 is 1.80. The van der Waals surface area contributed by atoms with Crippen molar-refractivity contribution in [2.24, 2.45) is 0 Å². The number of rotatable bonds is 2. The van der Waals surface area contributed by atoms with Crippen LogP contribution in [0.5, 0.6) is 0 Å². The number of nitrogens with zero attached hydrogens (tertiary/aromatic N) is 4. The number of aromatic nitrogens is 3. The van der Waals surface area contributed by atoms with Crippen molar-refractivity contribution in [3.8, 4) is 11.1 Å². The summed E-state index contributed by atoms with van der Waals surface area (Å²) in [6.07, 6.45) is 2.58. The van der Waals surface area contributed by atoms with E-state index in [2.05, 4.69) is 14.9 Å². The first-order valence-corrected chi connectivity index (χ1v) is 8.58. The summed E-state index contributed by atoms with van der Waals surface area (Å²) in [4.78, 5) is 23.1. The van der Waals surface area contributed by atoms with Crippen molar-refractivity contribution in [3.63, 3.8) is 0 Å². The van der Waals surface area contributed by atoms with Crippen molar-refractivity contribution >= 4 is 23.2 Å². The molecule has 3 aromatic rings. The van der Waals surface area contributed by atoms with Crippen LogP contribution in [0.2, 0.25) is 5.28 Å². The molecule has 0 bridgehead atoms. The van der Waals surface area contributed by atoms with E-state index in [1.807, 2.05) is 43.3 Å². The molecule has 0 aliphatic carbocycles. The van der Waals surface area contributed by atoms with Crippen LogP contribution in [0.4, 0.5) is 11.6 Å². The average molecular weight is 353 g/mol. The molecule has 0 unspecified atom stereocenters. The minimum absolute atomic E-state index is 0.00106. The molecule has 4 rings (SSSR count). The van der Waals surface area contributed by atoms with Gasteiger partial charge in [-0.15, -0.1) is 0 Å². The second-order valence-electron chi connectivity index (χ2n) is 6.11. The highest BCUT2D eigenvalue weighted by atomic mass is 35.5. The minimum Gasteiger partial charge on any atom is -0.312 e. The summed E-state index contributed by atoms with van der Waals surface area (Å²) in [7, 11) is 0. The maximum atomic E-state index is 12.7. The molecular formula is C19H17ClN4O. The van der Waals surface area contributed by atoms with Crippen molar-refractivity contribution in [3.05, 3.63) is 69.9 Å². The van der Waals surface area contributed by atoms with Crippen molar-refractivity contribution in [2.75, 3.05) is 11.4 Å². The second-order valence-corrected chi connectivity index (χ2v) is 6.45. The molecule has 0 radical (unpaired) electrons. The Hall–Kier alpha value is -2.66. The van der Waals surface area contributed by atoms with Gasteiger partial charge in [0.15, 0.2) is 0 Å². The monoisotopic (exact) mass is 352 g/mol. The molecule has 1 aromatic carbocycles. The Labute approximate surface area is 150 Å². The minimum atomic E-state index is -0.00106. The Morgan fingerprint density at radius 1 is 1.08 bits per heavy atom. The number of halogens is 1. The molecule has 0 atom stereocenters. The van der Waals surface area contributed by atoms with Crippen LogP contribution in [0.25, 0.3) is 11.1 Å².